The summed E-state index contributed by atoms with van der Waals surface area (Å²) in [6.07, 6.45) is 0. The quantitative estimate of drug-likeness (QED) is 0.357. The molecule has 1 rings (SSSR count). The molecule has 0 radical (unpaired) electrons. The van der Waals surface area contributed by atoms with Crippen LogP contribution in [0.2, 0.25) is 0 Å². The molecular formula is C13H13ClO4. The standard InChI is InChI=1S/C13H13ClO4/c1-4-17-9-5-6-10(12(14)15)11(7-9)18-13(16)8(2)3/h5-7H,2,4H2,1,3H3. The van der Waals surface area contributed by atoms with Crippen LogP contribution in [-0.2, 0) is 4.79 Å². The van der Waals surface area contributed by atoms with Gasteiger partial charge in [-0.05, 0) is 37.6 Å². The first kappa shape index (κ1) is 14.3. The van der Waals surface area contributed by atoms with Gasteiger partial charge in [-0.3, -0.25) is 4.79 Å². The molecule has 0 aliphatic heterocycles. The average Bonchev–Trinajstić information content (AvgIpc) is 2.29. The molecule has 18 heavy (non-hydrogen) atoms. The molecule has 4 nitrogen and oxygen atoms in total. The Morgan fingerprint density at radius 3 is 2.56 bits per heavy atom. The lowest BCUT2D eigenvalue weighted by Gasteiger charge is -2.10. The highest BCUT2D eigenvalue weighted by Crippen LogP contribution is 2.27. The van der Waals surface area contributed by atoms with Crippen molar-refractivity contribution >= 4 is 22.8 Å². The zero-order valence-electron chi connectivity index (χ0n) is 10.2. The maximum absolute atomic E-state index is 11.4. The molecule has 0 unspecified atom stereocenters. The number of hydrogen-bond donors (Lipinski definition) is 0. The van der Waals surface area contributed by atoms with Crippen LogP contribution < -0.4 is 9.47 Å². The lowest BCUT2D eigenvalue weighted by Crippen LogP contribution is -2.10. The van der Waals surface area contributed by atoms with Gasteiger partial charge in [-0.1, -0.05) is 6.58 Å². The van der Waals surface area contributed by atoms with Gasteiger partial charge in [0, 0.05) is 11.6 Å². The largest absolute Gasteiger partial charge is 0.494 e. The third kappa shape index (κ3) is 3.60. The average molecular weight is 269 g/mol. The van der Waals surface area contributed by atoms with Crippen molar-refractivity contribution in [3.05, 3.63) is 35.9 Å². The molecule has 0 amide bonds. The van der Waals surface area contributed by atoms with Crippen LogP contribution in [0.15, 0.2) is 30.4 Å². The third-order valence-corrected chi connectivity index (χ3v) is 2.23. The molecule has 1 aromatic carbocycles. The Kier molecular flexibility index (Phi) is 4.92. The summed E-state index contributed by atoms with van der Waals surface area (Å²) < 4.78 is 10.3. The lowest BCUT2D eigenvalue weighted by atomic mass is 10.2. The molecule has 96 valence electrons. The predicted molar refractivity (Wildman–Crippen MR) is 68.2 cm³/mol. The highest BCUT2D eigenvalue weighted by molar-refractivity contribution is 6.68. The zero-order chi connectivity index (χ0) is 13.7. The molecule has 0 bridgehead atoms. The summed E-state index contributed by atoms with van der Waals surface area (Å²) in [5.74, 6) is -0.0690. The maximum Gasteiger partial charge on any atom is 0.338 e. The van der Waals surface area contributed by atoms with E-state index in [9.17, 15) is 9.59 Å². The summed E-state index contributed by atoms with van der Waals surface area (Å²) in [7, 11) is 0. The smallest absolute Gasteiger partial charge is 0.338 e. The number of ether oxygens (including phenoxy) is 2. The Morgan fingerprint density at radius 2 is 2.06 bits per heavy atom. The molecule has 0 spiro atoms. The normalized spacial score (nSPS) is 9.72. The Morgan fingerprint density at radius 1 is 1.39 bits per heavy atom. The molecule has 0 heterocycles. The summed E-state index contributed by atoms with van der Waals surface area (Å²) in [6.45, 7) is 7.25. The summed E-state index contributed by atoms with van der Waals surface area (Å²) in [5, 5.41) is -0.706. The number of benzene rings is 1. The minimum absolute atomic E-state index is 0.0638. The van der Waals surface area contributed by atoms with Crippen molar-refractivity contribution in [2.75, 3.05) is 6.61 Å². The van der Waals surface area contributed by atoms with Gasteiger partial charge in [0.05, 0.1) is 12.2 Å². The van der Waals surface area contributed by atoms with Crippen LogP contribution in [0.5, 0.6) is 11.5 Å². The topological polar surface area (TPSA) is 52.6 Å². The van der Waals surface area contributed by atoms with Crippen LogP contribution in [0.3, 0.4) is 0 Å². The molecule has 0 atom stereocenters. The van der Waals surface area contributed by atoms with Crippen LogP contribution in [0.25, 0.3) is 0 Å². The van der Waals surface area contributed by atoms with Crippen LogP contribution >= 0.6 is 11.6 Å². The molecule has 5 heteroatoms. The van der Waals surface area contributed by atoms with Gasteiger partial charge in [0.2, 0.25) is 0 Å². The van der Waals surface area contributed by atoms with E-state index in [-0.39, 0.29) is 16.9 Å². The van der Waals surface area contributed by atoms with Gasteiger partial charge < -0.3 is 9.47 Å². The number of esters is 1. The molecule has 0 aromatic heterocycles. The molecule has 0 fully saturated rings. The molecule has 0 aliphatic rings. The van der Waals surface area contributed by atoms with Crippen molar-refractivity contribution in [2.45, 2.75) is 13.8 Å². The van der Waals surface area contributed by atoms with E-state index in [4.69, 9.17) is 21.1 Å². The van der Waals surface area contributed by atoms with E-state index in [1.807, 2.05) is 6.92 Å². The Labute approximate surface area is 110 Å². The van der Waals surface area contributed by atoms with Crippen LogP contribution in [0.1, 0.15) is 24.2 Å². The number of halogens is 1. The fourth-order valence-corrected chi connectivity index (χ4v) is 1.35. The summed E-state index contributed by atoms with van der Waals surface area (Å²) in [5.41, 5.74) is 0.333. The molecule has 0 saturated heterocycles. The summed E-state index contributed by atoms with van der Waals surface area (Å²) in [4.78, 5) is 22.6. The van der Waals surface area contributed by atoms with E-state index in [1.165, 1.54) is 19.1 Å². The van der Waals surface area contributed by atoms with Crippen molar-refractivity contribution in [3.63, 3.8) is 0 Å². The monoisotopic (exact) mass is 268 g/mol. The molecule has 0 saturated carbocycles. The SMILES string of the molecule is C=C(C)C(=O)Oc1cc(OCC)ccc1C(=O)Cl. The Hall–Kier alpha value is -1.81. The van der Waals surface area contributed by atoms with Gasteiger partial charge in [-0.2, -0.15) is 0 Å². The lowest BCUT2D eigenvalue weighted by molar-refractivity contribution is -0.130. The first-order valence-corrected chi connectivity index (χ1v) is 5.67. The van der Waals surface area contributed by atoms with Gasteiger partial charge in [0.1, 0.15) is 11.5 Å². The van der Waals surface area contributed by atoms with E-state index < -0.39 is 11.2 Å². The maximum atomic E-state index is 11.4. The number of carbonyl (C=O) groups is 2. The Bertz CT molecular complexity index is 494. The molecular weight excluding hydrogens is 256 g/mol. The predicted octanol–water partition coefficient (Wildman–Crippen LogP) is 2.95. The van der Waals surface area contributed by atoms with E-state index in [0.717, 1.165) is 0 Å². The summed E-state index contributed by atoms with van der Waals surface area (Å²) >= 11 is 5.41. The van der Waals surface area contributed by atoms with Gasteiger partial charge in [0.15, 0.2) is 0 Å². The second-order valence-corrected chi connectivity index (χ2v) is 3.88. The minimum atomic E-state index is -0.706. The number of carbonyl (C=O) groups excluding carboxylic acids is 2. The van der Waals surface area contributed by atoms with E-state index >= 15 is 0 Å². The minimum Gasteiger partial charge on any atom is -0.494 e. The number of hydrogen-bond acceptors (Lipinski definition) is 4. The number of rotatable bonds is 5. The molecule has 0 N–H and O–H groups in total. The van der Waals surface area contributed by atoms with Crippen molar-refractivity contribution in [1.29, 1.82) is 0 Å². The third-order valence-electron chi connectivity index (χ3n) is 2.03. The summed E-state index contributed by atoms with van der Waals surface area (Å²) in [6, 6.07) is 4.47. The van der Waals surface area contributed by atoms with Crippen LogP contribution in [0, 0.1) is 0 Å². The van der Waals surface area contributed by atoms with Gasteiger partial charge in [0.25, 0.3) is 5.24 Å². The zero-order valence-corrected chi connectivity index (χ0v) is 10.9. The van der Waals surface area contributed by atoms with Crippen molar-refractivity contribution < 1.29 is 19.1 Å². The second-order valence-electron chi connectivity index (χ2n) is 3.53. The van der Waals surface area contributed by atoms with Gasteiger partial charge >= 0.3 is 5.97 Å². The van der Waals surface area contributed by atoms with E-state index in [2.05, 4.69) is 6.58 Å². The van der Waals surface area contributed by atoms with Crippen LogP contribution in [-0.4, -0.2) is 17.8 Å². The van der Waals surface area contributed by atoms with Crippen molar-refractivity contribution in [2.24, 2.45) is 0 Å². The highest BCUT2D eigenvalue weighted by atomic mass is 35.5. The highest BCUT2D eigenvalue weighted by Gasteiger charge is 2.15. The molecule has 1 aromatic rings. The first-order valence-electron chi connectivity index (χ1n) is 5.30. The first-order chi connectivity index (χ1) is 8.45. The van der Waals surface area contributed by atoms with Gasteiger partial charge in [-0.15, -0.1) is 0 Å². The van der Waals surface area contributed by atoms with Crippen molar-refractivity contribution in [3.8, 4) is 11.5 Å². The van der Waals surface area contributed by atoms with E-state index in [0.29, 0.717) is 12.4 Å². The second kappa shape index (κ2) is 6.21. The van der Waals surface area contributed by atoms with Crippen LogP contribution in [0.4, 0.5) is 0 Å². The fraction of sp³-hybridized carbons (Fsp3) is 0.231. The fourth-order valence-electron chi connectivity index (χ4n) is 1.19. The van der Waals surface area contributed by atoms with Crippen molar-refractivity contribution in [1.82, 2.24) is 0 Å². The van der Waals surface area contributed by atoms with Gasteiger partial charge in [-0.25, -0.2) is 4.79 Å². The van der Waals surface area contributed by atoms with E-state index in [1.54, 1.807) is 6.07 Å². The molecule has 0 aliphatic carbocycles. The Balaban J connectivity index is 3.11.